The third kappa shape index (κ3) is 2.47. The molecule has 142 valence electrons. The summed E-state index contributed by atoms with van der Waals surface area (Å²) in [6.45, 7) is 0. The van der Waals surface area contributed by atoms with Crippen molar-refractivity contribution in [2.75, 3.05) is 5.32 Å². The second-order valence-electron chi connectivity index (χ2n) is 6.89. The van der Waals surface area contributed by atoms with Crippen LogP contribution in [0.1, 0.15) is 23.7 Å². The number of carbonyl (C=O) groups excluding carboxylic acids is 2. The second-order valence-corrected chi connectivity index (χ2v) is 7.88. The molecule has 0 saturated heterocycles. The highest BCUT2D eigenvalue weighted by molar-refractivity contribution is 7.99. The predicted octanol–water partition coefficient (Wildman–Crippen LogP) is 3.38. The highest BCUT2D eigenvalue weighted by Gasteiger charge is 2.43. The number of aromatic nitrogens is 4. The van der Waals surface area contributed by atoms with Gasteiger partial charge in [0.15, 0.2) is 16.1 Å². The molecule has 1 aliphatic carbocycles. The van der Waals surface area contributed by atoms with Gasteiger partial charge in [-0.3, -0.25) is 14.7 Å². The quantitative estimate of drug-likeness (QED) is 0.449. The number of imidazole rings is 1. The average Bonchev–Trinajstić information content (AvgIpc) is 3.48. The summed E-state index contributed by atoms with van der Waals surface area (Å²) in [5, 5.41) is 11.5. The lowest BCUT2D eigenvalue weighted by Crippen LogP contribution is -2.19. The van der Waals surface area contributed by atoms with Crippen LogP contribution in [-0.4, -0.2) is 31.7 Å². The van der Waals surface area contributed by atoms with E-state index in [2.05, 4.69) is 25.5 Å². The summed E-state index contributed by atoms with van der Waals surface area (Å²) < 4.78 is 6.08. The molecule has 4 aromatic rings. The number of aromatic amines is 2. The fourth-order valence-electron chi connectivity index (χ4n) is 3.87. The van der Waals surface area contributed by atoms with Crippen molar-refractivity contribution in [1.29, 1.82) is 0 Å². The Kier molecular flexibility index (Phi) is 3.36. The fraction of sp³-hybridized carbons (Fsp3) is 0.100. The van der Waals surface area contributed by atoms with E-state index < -0.39 is 17.5 Å². The van der Waals surface area contributed by atoms with E-state index in [1.807, 2.05) is 36.4 Å². The Hall–Kier alpha value is -3.59. The van der Waals surface area contributed by atoms with Crippen LogP contribution >= 0.6 is 11.8 Å². The van der Waals surface area contributed by atoms with Gasteiger partial charge in [-0.25, -0.2) is 4.98 Å². The molecule has 9 heteroatoms. The Balaban J connectivity index is 1.37. The summed E-state index contributed by atoms with van der Waals surface area (Å²) in [6, 6.07) is 11.5. The van der Waals surface area contributed by atoms with E-state index in [4.69, 9.17) is 4.42 Å². The molecule has 29 heavy (non-hydrogen) atoms. The van der Waals surface area contributed by atoms with Crippen LogP contribution in [0.4, 0.5) is 5.82 Å². The predicted molar refractivity (Wildman–Crippen MR) is 105 cm³/mol. The summed E-state index contributed by atoms with van der Waals surface area (Å²) in [6.07, 6.45) is 1.79. The van der Waals surface area contributed by atoms with E-state index in [1.54, 1.807) is 6.20 Å². The van der Waals surface area contributed by atoms with Gasteiger partial charge in [0.1, 0.15) is 5.76 Å². The minimum absolute atomic E-state index is 0.0677. The van der Waals surface area contributed by atoms with E-state index in [0.717, 1.165) is 16.6 Å². The zero-order valence-electron chi connectivity index (χ0n) is 14.9. The first-order chi connectivity index (χ1) is 14.2. The lowest BCUT2D eigenvalue weighted by atomic mass is 9.86. The van der Waals surface area contributed by atoms with Crippen LogP contribution in [0.25, 0.3) is 11.0 Å². The van der Waals surface area contributed by atoms with Gasteiger partial charge in [0, 0.05) is 23.0 Å². The first-order valence-electron chi connectivity index (χ1n) is 9.01. The van der Waals surface area contributed by atoms with Crippen molar-refractivity contribution < 1.29 is 14.0 Å². The van der Waals surface area contributed by atoms with Gasteiger partial charge < -0.3 is 14.7 Å². The maximum absolute atomic E-state index is 12.5. The Morgan fingerprint density at radius 3 is 2.93 bits per heavy atom. The van der Waals surface area contributed by atoms with Gasteiger partial charge in [-0.2, -0.15) is 5.10 Å². The Labute approximate surface area is 167 Å². The Morgan fingerprint density at radius 2 is 2.03 bits per heavy atom. The molecule has 3 aromatic heterocycles. The minimum Gasteiger partial charge on any atom is -0.453 e. The number of H-pyrrole nitrogens is 2. The first-order valence-corrected chi connectivity index (χ1v) is 9.82. The number of furan rings is 1. The van der Waals surface area contributed by atoms with Crippen molar-refractivity contribution >= 4 is 40.2 Å². The summed E-state index contributed by atoms with van der Waals surface area (Å²) >= 11 is 1.37. The topological polar surface area (TPSA) is 117 Å². The molecule has 8 nitrogen and oxygen atoms in total. The standard InChI is InChI=1S/C20H13N5O3S/c26-13-7-12-17(18(13)27)16(9-8-21-25-19(9)22-12)14-5-6-15(28-14)29-20-23-10-3-1-2-4-11(10)24-20/h1-6,8,16H,7H2,(H,23,24)(H2,21,22,25). The summed E-state index contributed by atoms with van der Waals surface area (Å²) in [5.41, 5.74) is 3.66. The maximum atomic E-state index is 12.5. The number of para-hydroxylation sites is 2. The number of carbonyl (C=O) groups is 2. The van der Waals surface area contributed by atoms with E-state index in [0.29, 0.717) is 33.1 Å². The molecule has 0 saturated carbocycles. The molecule has 4 heterocycles. The monoisotopic (exact) mass is 403 g/mol. The highest BCUT2D eigenvalue weighted by atomic mass is 32.2. The Morgan fingerprint density at radius 1 is 1.14 bits per heavy atom. The number of rotatable bonds is 3. The molecule has 0 amide bonds. The van der Waals surface area contributed by atoms with Gasteiger partial charge in [-0.05, 0) is 36.0 Å². The second kappa shape index (κ2) is 5.95. The first kappa shape index (κ1) is 16.4. The van der Waals surface area contributed by atoms with Gasteiger partial charge in [0.05, 0.1) is 23.4 Å². The molecule has 1 atom stereocenters. The van der Waals surface area contributed by atoms with Crippen LogP contribution in [0.5, 0.6) is 0 Å². The molecule has 1 aromatic carbocycles. The average molecular weight is 403 g/mol. The molecule has 0 spiro atoms. The molecular weight excluding hydrogens is 390 g/mol. The van der Waals surface area contributed by atoms with E-state index in [9.17, 15) is 9.59 Å². The van der Waals surface area contributed by atoms with Crippen molar-refractivity contribution in [3.8, 4) is 0 Å². The van der Waals surface area contributed by atoms with Crippen LogP contribution in [0.3, 0.4) is 0 Å². The normalized spacial score (nSPS) is 18.3. The van der Waals surface area contributed by atoms with Gasteiger partial charge in [-0.15, -0.1) is 0 Å². The largest absolute Gasteiger partial charge is 0.453 e. The maximum Gasteiger partial charge on any atom is 0.227 e. The molecule has 6 rings (SSSR count). The van der Waals surface area contributed by atoms with Crippen LogP contribution in [-0.2, 0) is 9.59 Å². The van der Waals surface area contributed by atoms with Crippen molar-refractivity contribution in [1.82, 2.24) is 20.2 Å². The number of hydrogen-bond donors (Lipinski definition) is 3. The molecule has 1 unspecified atom stereocenters. The smallest absolute Gasteiger partial charge is 0.227 e. The van der Waals surface area contributed by atoms with Crippen molar-refractivity contribution in [3.05, 3.63) is 65.2 Å². The molecular formula is C20H13N5O3S. The van der Waals surface area contributed by atoms with Crippen molar-refractivity contribution in [2.24, 2.45) is 0 Å². The molecule has 2 aliphatic rings. The van der Waals surface area contributed by atoms with Crippen molar-refractivity contribution in [3.63, 3.8) is 0 Å². The molecule has 1 aliphatic heterocycles. The SMILES string of the molecule is O=C1CC2=C(C1=O)C(c1ccc(Sc3nc4ccccc4[nH]3)o1)c1c[nH]nc1N2. The third-order valence-corrected chi connectivity index (χ3v) is 5.96. The van der Waals surface area contributed by atoms with Gasteiger partial charge in [-0.1, -0.05) is 12.1 Å². The lowest BCUT2D eigenvalue weighted by Gasteiger charge is -2.22. The number of hydrogen-bond acceptors (Lipinski definition) is 7. The number of ketones is 2. The van der Waals surface area contributed by atoms with Gasteiger partial charge in [0.25, 0.3) is 0 Å². The molecule has 3 N–H and O–H groups in total. The van der Waals surface area contributed by atoms with E-state index in [1.165, 1.54) is 11.8 Å². The zero-order chi connectivity index (χ0) is 19.5. The number of nitrogens with zero attached hydrogens (tertiary/aromatic N) is 2. The number of anilines is 1. The van der Waals surface area contributed by atoms with Gasteiger partial charge in [0.2, 0.25) is 11.6 Å². The summed E-state index contributed by atoms with van der Waals surface area (Å²) in [7, 11) is 0. The highest BCUT2D eigenvalue weighted by Crippen LogP contribution is 2.45. The number of Topliss-reactive ketones (excluding diaryl/α,β-unsaturated/α-hetero) is 2. The van der Waals surface area contributed by atoms with Crippen LogP contribution in [0, 0.1) is 0 Å². The van der Waals surface area contributed by atoms with Crippen LogP contribution < -0.4 is 5.32 Å². The molecule has 0 bridgehead atoms. The van der Waals surface area contributed by atoms with Crippen LogP contribution in [0.2, 0.25) is 0 Å². The van der Waals surface area contributed by atoms with E-state index >= 15 is 0 Å². The zero-order valence-corrected chi connectivity index (χ0v) is 15.7. The molecule has 0 fully saturated rings. The number of benzene rings is 1. The molecule has 0 radical (unpaired) electrons. The minimum atomic E-state index is -0.469. The fourth-order valence-corrected chi connectivity index (χ4v) is 4.64. The number of allylic oxidation sites excluding steroid dienone is 2. The van der Waals surface area contributed by atoms with Crippen molar-refractivity contribution in [2.45, 2.75) is 22.6 Å². The van der Waals surface area contributed by atoms with Gasteiger partial charge >= 0.3 is 0 Å². The number of fused-ring (bicyclic) bond motifs is 2. The summed E-state index contributed by atoms with van der Waals surface area (Å²) in [4.78, 5) is 32.3. The third-order valence-electron chi connectivity index (χ3n) is 5.15. The number of nitrogens with one attached hydrogen (secondary N) is 3. The Bertz CT molecular complexity index is 1310. The van der Waals surface area contributed by atoms with Crippen LogP contribution in [0.15, 0.2) is 68.5 Å². The summed E-state index contributed by atoms with van der Waals surface area (Å²) in [5.74, 6) is -0.149. The lowest BCUT2D eigenvalue weighted by molar-refractivity contribution is -0.133. The van der Waals surface area contributed by atoms with E-state index in [-0.39, 0.29) is 6.42 Å².